The molecule has 0 spiro atoms. The van der Waals surface area contributed by atoms with E-state index >= 15 is 0 Å². The Balaban J connectivity index is 1.65. The van der Waals surface area contributed by atoms with Crippen LogP contribution >= 0.6 is 0 Å². The van der Waals surface area contributed by atoms with Crippen LogP contribution in [0.2, 0.25) is 0 Å². The number of fused-ring (bicyclic) bond motifs is 3. The summed E-state index contributed by atoms with van der Waals surface area (Å²) in [6.07, 6.45) is 5.96. The molecule has 0 atom stereocenters. The van der Waals surface area contributed by atoms with Crippen LogP contribution in [0.3, 0.4) is 0 Å². The fourth-order valence-corrected chi connectivity index (χ4v) is 6.27. The van der Waals surface area contributed by atoms with Gasteiger partial charge in [-0.25, -0.2) is 8.42 Å². The molecule has 1 N–H and O–H groups in total. The van der Waals surface area contributed by atoms with Gasteiger partial charge in [0.2, 0.25) is 5.91 Å². The van der Waals surface area contributed by atoms with Gasteiger partial charge in [0.1, 0.15) is 6.54 Å². The standard InChI is InChI=1S/C23H28N2O3S/c1-16-12-17(2)23-19-10-6-7-11-21(19)29(27,28)25(20(23)13-16)15-22(26)24-14-18-8-4-3-5-9-18/h6-7,10-13,18H,3-5,8-9,14-15H2,1-2H3,(H,24,26). The van der Waals surface area contributed by atoms with Gasteiger partial charge in [0.25, 0.3) is 10.0 Å². The number of anilines is 1. The third-order valence-electron chi connectivity index (χ3n) is 6.05. The van der Waals surface area contributed by atoms with E-state index in [9.17, 15) is 13.2 Å². The van der Waals surface area contributed by atoms with Crippen molar-refractivity contribution >= 4 is 21.6 Å². The van der Waals surface area contributed by atoms with E-state index in [1.54, 1.807) is 12.1 Å². The predicted octanol–water partition coefficient (Wildman–Crippen LogP) is 4.18. The topological polar surface area (TPSA) is 66.5 Å². The first kappa shape index (κ1) is 20.0. The average Bonchev–Trinajstić information content (AvgIpc) is 2.70. The summed E-state index contributed by atoms with van der Waals surface area (Å²) in [4.78, 5) is 13.0. The summed E-state index contributed by atoms with van der Waals surface area (Å²) in [6.45, 7) is 4.37. The SMILES string of the molecule is Cc1cc(C)c2c(c1)N(CC(=O)NCC1CCCCC1)S(=O)(=O)c1ccccc1-2. The van der Waals surface area contributed by atoms with E-state index in [0.29, 0.717) is 23.7 Å². The van der Waals surface area contributed by atoms with Crippen molar-refractivity contribution in [1.82, 2.24) is 5.32 Å². The van der Waals surface area contributed by atoms with Crippen molar-refractivity contribution in [3.8, 4) is 11.1 Å². The Morgan fingerprint density at radius 2 is 1.83 bits per heavy atom. The van der Waals surface area contributed by atoms with Gasteiger partial charge in [-0.2, -0.15) is 0 Å². The second kappa shape index (κ2) is 7.82. The van der Waals surface area contributed by atoms with Crippen molar-refractivity contribution in [2.75, 3.05) is 17.4 Å². The molecule has 1 aliphatic heterocycles. The van der Waals surface area contributed by atoms with Crippen molar-refractivity contribution in [2.45, 2.75) is 50.8 Å². The van der Waals surface area contributed by atoms with Gasteiger partial charge >= 0.3 is 0 Å². The number of aryl methyl sites for hydroxylation is 2. The molecular formula is C23H28N2O3S. The van der Waals surface area contributed by atoms with Crippen molar-refractivity contribution in [3.05, 3.63) is 47.5 Å². The van der Waals surface area contributed by atoms with Crippen molar-refractivity contribution in [3.63, 3.8) is 0 Å². The highest BCUT2D eigenvalue weighted by Crippen LogP contribution is 2.45. The molecule has 0 saturated heterocycles. The number of carbonyl (C=O) groups is 1. The maximum absolute atomic E-state index is 13.4. The fraction of sp³-hybridized carbons (Fsp3) is 0.435. The van der Waals surface area contributed by atoms with E-state index in [-0.39, 0.29) is 17.3 Å². The van der Waals surface area contributed by atoms with Crippen LogP contribution in [0, 0.1) is 19.8 Å². The number of sulfonamides is 1. The maximum Gasteiger partial charge on any atom is 0.265 e. The summed E-state index contributed by atoms with van der Waals surface area (Å²) in [5.74, 6) is 0.256. The quantitative estimate of drug-likeness (QED) is 0.819. The van der Waals surface area contributed by atoms with Crippen LogP contribution in [-0.2, 0) is 14.8 Å². The Bertz CT molecular complexity index is 1040. The summed E-state index contributed by atoms with van der Waals surface area (Å²) in [6, 6.07) is 11.0. The molecule has 0 unspecified atom stereocenters. The molecule has 0 radical (unpaired) electrons. The van der Waals surface area contributed by atoms with Gasteiger partial charge in [0, 0.05) is 17.7 Å². The van der Waals surface area contributed by atoms with Crippen LogP contribution in [0.4, 0.5) is 5.69 Å². The molecule has 6 heteroatoms. The number of carbonyl (C=O) groups excluding carboxylic acids is 1. The Kier molecular flexibility index (Phi) is 5.38. The van der Waals surface area contributed by atoms with Crippen LogP contribution in [0.15, 0.2) is 41.3 Å². The van der Waals surface area contributed by atoms with E-state index in [1.165, 1.54) is 23.6 Å². The van der Waals surface area contributed by atoms with Gasteiger partial charge in [0.15, 0.2) is 0 Å². The van der Waals surface area contributed by atoms with Gasteiger partial charge in [-0.05, 0) is 55.9 Å². The molecule has 1 saturated carbocycles. The van der Waals surface area contributed by atoms with E-state index in [0.717, 1.165) is 29.5 Å². The molecule has 1 fully saturated rings. The fourth-order valence-electron chi connectivity index (χ4n) is 4.64. The zero-order chi connectivity index (χ0) is 20.6. The highest BCUT2D eigenvalue weighted by Gasteiger charge is 2.36. The van der Waals surface area contributed by atoms with E-state index in [1.807, 2.05) is 32.0 Å². The second-order valence-corrected chi connectivity index (χ2v) is 10.1. The van der Waals surface area contributed by atoms with Gasteiger partial charge in [-0.3, -0.25) is 9.10 Å². The maximum atomic E-state index is 13.4. The molecule has 0 bridgehead atoms. The van der Waals surface area contributed by atoms with Crippen LogP contribution in [0.1, 0.15) is 43.2 Å². The first-order chi connectivity index (χ1) is 13.9. The minimum atomic E-state index is -3.80. The lowest BCUT2D eigenvalue weighted by molar-refractivity contribution is -0.119. The number of amides is 1. The molecule has 2 aromatic carbocycles. The molecule has 2 aliphatic rings. The molecule has 29 heavy (non-hydrogen) atoms. The zero-order valence-corrected chi connectivity index (χ0v) is 17.9. The first-order valence-corrected chi connectivity index (χ1v) is 11.8. The smallest absolute Gasteiger partial charge is 0.265 e. The van der Waals surface area contributed by atoms with Gasteiger partial charge in [-0.1, -0.05) is 43.5 Å². The summed E-state index contributed by atoms with van der Waals surface area (Å²) < 4.78 is 28.0. The first-order valence-electron chi connectivity index (χ1n) is 10.4. The summed E-state index contributed by atoms with van der Waals surface area (Å²) in [7, 11) is -3.80. The lowest BCUT2D eigenvalue weighted by Gasteiger charge is -2.33. The molecule has 1 aliphatic carbocycles. The molecule has 5 nitrogen and oxygen atoms in total. The normalized spacial score (nSPS) is 18.1. The highest BCUT2D eigenvalue weighted by atomic mass is 32.2. The zero-order valence-electron chi connectivity index (χ0n) is 17.1. The monoisotopic (exact) mass is 412 g/mol. The largest absolute Gasteiger partial charge is 0.354 e. The van der Waals surface area contributed by atoms with Gasteiger partial charge in [-0.15, -0.1) is 0 Å². The third-order valence-corrected chi connectivity index (χ3v) is 7.87. The second-order valence-electron chi connectivity index (χ2n) is 8.29. The molecule has 1 heterocycles. The Labute approximate surface area is 173 Å². The minimum Gasteiger partial charge on any atom is -0.354 e. The number of hydrogen-bond acceptors (Lipinski definition) is 3. The Hall–Kier alpha value is -2.34. The van der Waals surface area contributed by atoms with Crippen LogP contribution in [0.5, 0.6) is 0 Å². The lowest BCUT2D eigenvalue weighted by atomic mass is 9.89. The van der Waals surface area contributed by atoms with Crippen LogP contribution in [0.25, 0.3) is 11.1 Å². The summed E-state index contributed by atoms with van der Waals surface area (Å²) >= 11 is 0. The lowest BCUT2D eigenvalue weighted by Crippen LogP contribution is -2.43. The van der Waals surface area contributed by atoms with Crippen molar-refractivity contribution in [2.24, 2.45) is 5.92 Å². The minimum absolute atomic E-state index is 0.195. The van der Waals surface area contributed by atoms with E-state index in [4.69, 9.17) is 0 Å². The number of nitrogens with zero attached hydrogens (tertiary/aromatic N) is 1. The van der Waals surface area contributed by atoms with Crippen molar-refractivity contribution in [1.29, 1.82) is 0 Å². The van der Waals surface area contributed by atoms with E-state index in [2.05, 4.69) is 11.4 Å². The van der Waals surface area contributed by atoms with Crippen molar-refractivity contribution < 1.29 is 13.2 Å². The third kappa shape index (κ3) is 3.78. The number of rotatable bonds is 4. The molecule has 0 aromatic heterocycles. The van der Waals surface area contributed by atoms with E-state index < -0.39 is 10.0 Å². The number of hydrogen-bond donors (Lipinski definition) is 1. The summed E-state index contributed by atoms with van der Waals surface area (Å²) in [5.41, 5.74) is 4.17. The van der Waals surface area contributed by atoms with Gasteiger partial charge in [0.05, 0.1) is 10.6 Å². The number of benzene rings is 2. The average molecular weight is 413 g/mol. The molecule has 1 amide bonds. The molecule has 4 rings (SSSR count). The van der Waals surface area contributed by atoms with Gasteiger partial charge < -0.3 is 5.32 Å². The number of nitrogens with one attached hydrogen (secondary N) is 1. The highest BCUT2D eigenvalue weighted by molar-refractivity contribution is 7.93. The molecule has 154 valence electrons. The van der Waals surface area contributed by atoms with Crippen LogP contribution in [-0.4, -0.2) is 27.4 Å². The van der Waals surface area contributed by atoms with Crippen LogP contribution < -0.4 is 9.62 Å². The molecular weight excluding hydrogens is 384 g/mol. The molecule has 2 aromatic rings. The Morgan fingerprint density at radius 1 is 1.10 bits per heavy atom. The predicted molar refractivity (Wildman–Crippen MR) is 115 cm³/mol. The summed E-state index contributed by atoms with van der Waals surface area (Å²) in [5, 5.41) is 2.98. The Morgan fingerprint density at radius 3 is 2.59 bits per heavy atom.